The van der Waals surface area contributed by atoms with Gasteiger partial charge in [-0.1, -0.05) is 24.3 Å². The monoisotopic (exact) mass is 285 g/mol. The predicted molar refractivity (Wildman–Crippen MR) is 81.3 cm³/mol. The second-order valence-electron chi connectivity index (χ2n) is 5.07. The molecule has 4 N–H and O–H groups in total. The van der Waals surface area contributed by atoms with E-state index in [-0.39, 0.29) is 0 Å². The summed E-state index contributed by atoms with van der Waals surface area (Å²) < 4.78 is 0. The third kappa shape index (κ3) is 2.51. The first-order chi connectivity index (χ1) is 9.35. The molecule has 0 aliphatic heterocycles. The topological polar surface area (TPSA) is 92.9 Å². The Morgan fingerprint density at radius 2 is 1.90 bits per heavy atom. The SMILES string of the molecule is CC(C)(C#N)c1ccc(-c2cc(C(N)=O)c(N)s2)cc1. The van der Waals surface area contributed by atoms with E-state index >= 15 is 0 Å². The summed E-state index contributed by atoms with van der Waals surface area (Å²) in [4.78, 5) is 12.1. The van der Waals surface area contributed by atoms with Gasteiger partial charge in [0.15, 0.2) is 0 Å². The summed E-state index contributed by atoms with van der Waals surface area (Å²) in [5.41, 5.74) is 12.8. The summed E-state index contributed by atoms with van der Waals surface area (Å²) in [5.74, 6) is -0.521. The number of nitriles is 1. The number of nitrogen functional groups attached to an aromatic ring is 1. The van der Waals surface area contributed by atoms with E-state index in [1.54, 1.807) is 6.07 Å². The number of nitrogens with zero attached hydrogens (tertiary/aromatic N) is 1. The van der Waals surface area contributed by atoms with E-state index in [4.69, 9.17) is 16.7 Å². The van der Waals surface area contributed by atoms with Gasteiger partial charge in [0, 0.05) is 4.88 Å². The van der Waals surface area contributed by atoms with Crippen molar-refractivity contribution in [2.45, 2.75) is 19.3 Å². The molecule has 1 heterocycles. The second kappa shape index (κ2) is 4.99. The van der Waals surface area contributed by atoms with Gasteiger partial charge in [-0.3, -0.25) is 4.79 Å². The summed E-state index contributed by atoms with van der Waals surface area (Å²) in [5, 5.41) is 9.54. The zero-order valence-corrected chi connectivity index (χ0v) is 12.1. The number of hydrogen-bond donors (Lipinski definition) is 2. The van der Waals surface area contributed by atoms with Crippen LogP contribution in [-0.4, -0.2) is 5.91 Å². The zero-order chi connectivity index (χ0) is 14.9. The summed E-state index contributed by atoms with van der Waals surface area (Å²) in [6, 6.07) is 11.6. The summed E-state index contributed by atoms with van der Waals surface area (Å²) in [6.45, 7) is 3.74. The Balaban J connectivity index is 2.39. The maximum absolute atomic E-state index is 11.2. The Labute approximate surface area is 121 Å². The van der Waals surface area contributed by atoms with Crippen LogP contribution in [0.5, 0.6) is 0 Å². The number of anilines is 1. The molecule has 0 aliphatic carbocycles. The van der Waals surface area contributed by atoms with Crippen molar-refractivity contribution in [2.24, 2.45) is 5.73 Å². The van der Waals surface area contributed by atoms with E-state index in [9.17, 15) is 4.79 Å². The quantitative estimate of drug-likeness (QED) is 0.908. The molecule has 0 saturated heterocycles. The number of carbonyl (C=O) groups is 1. The Morgan fingerprint density at radius 3 is 2.35 bits per heavy atom. The minimum atomic E-state index is -0.522. The maximum Gasteiger partial charge on any atom is 0.251 e. The molecule has 20 heavy (non-hydrogen) atoms. The highest BCUT2D eigenvalue weighted by atomic mass is 32.1. The van der Waals surface area contributed by atoms with Gasteiger partial charge in [0.2, 0.25) is 0 Å². The lowest BCUT2D eigenvalue weighted by atomic mass is 9.86. The Kier molecular flexibility index (Phi) is 3.51. The Morgan fingerprint density at radius 1 is 1.30 bits per heavy atom. The third-order valence-electron chi connectivity index (χ3n) is 3.20. The first-order valence-electron chi connectivity index (χ1n) is 6.06. The standard InChI is InChI=1S/C15H15N3OS/c1-15(2,8-16)10-5-3-9(4-6-10)12-7-11(13(17)19)14(18)20-12/h3-7H,18H2,1-2H3,(H2,17,19). The van der Waals surface area contributed by atoms with E-state index in [2.05, 4.69) is 6.07 Å². The number of nitrogens with two attached hydrogens (primary N) is 2. The van der Waals surface area contributed by atoms with Gasteiger partial charge in [-0.25, -0.2) is 0 Å². The van der Waals surface area contributed by atoms with Crippen LogP contribution in [0.4, 0.5) is 5.00 Å². The van der Waals surface area contributed by atoms with Crippen molar-refractivity contribution in [1.29, 1.82) is 5.26 Å². The molecular formula is C15H15N3OS. The molecule has 2 aromatic rings. The second-order valence-corrected chi connectivity index (χ2v) is 6.15. The van der Waals surface area contributed by atoms with Crippen molar-refractivity contribution in [3.63, 3.8) is 0 Å². The van der Waals surface area contributed by atoms with Crippen LogP contribution >= 0.6 is 11.3 Å². The van der Waals surface area contributed by atoms with Crippen LogP contribution < -0.4 is 11.5 Å². The van der Waals surface area contributed by atoms with Crippen molar-refractivity contribution in [2.75, 3.05) is 5.73 Å². The molecule has 0 spiro atoms. The molecule has 5 heteroatoms. The molecule has 0 unspecified atom stereocenters. The lowest BCUT2D eigenvalue weighted by Gasteiger charge is -2.15. The molecule has 1 aromatic carbocycles. The van der Waals surface area contributed by atoms with E-state index in [0.29, 0.717) is 10.6 Å². The molecule has 0 atom stereocenters. The molecule has 0 saturated carbocycles. The molecule has 0 radical (unpaired) electrons. The normalized spacial score (nSPS) is 11.1. The summed E-state index contributed by atoms with van der Waals surface area (Å²) in [7, 11) is 0. The van der Waals surface area contributed by atoms with Crippen molar-refractivity contribution in [3.05, 3.63) is 41.5 Å². The first-order valence-corrected chi connectivity index (χ1v) is 6.88. The molecular weight excluding hydrogens is 270 g/mol. The molecule has 0 aliphatic rings. The van der Waals surface area contributed by atoms with Crippen molar-refractivity contribution in [1.82, 2.24) is 0 Å². The van der Waals surface area contributed by atoms with Crippen LogP contribution in [0, 0.1) is 11.3 Å². The van der Waals surface area contributed by atoms with Crippen LogP contribution in [0.15, 0.2) is 30.3 Å². The molecule has 0 bridgehead atoms. The molecule has 1 aromatic heterocycles. The number of thiophene rings is 1. The van der Waals surface area contributed by atoms with Gasteiger partial charge in [0.25, 0.3) is 5.91 Å². The number of hydrogen-bond acceptors (Lipinski definition) is 4. The lowest BCUT2D eigenvalue weighted by Crippen LogP contribution is -2.13. The average Bonchev–Trinajstić information content (AvgIpc) is 2.81. The predicted octanol–water partition coefficient (Wildman–Crippen LogP) is 2.90. The van der Waals surface area contributed by atoms with Gasteiger partial charge in [0.1, 0.15) is 0 Å². The van der Waals surface area contributed by atoms with E-state index in [1.807, 2.05) is 38.1 Å². The fourth-order valence-electron chi connectivity index (χ4n) is 1.86. The summed E-state index contributed by atoms with van der Waals surface area (Å²) in [6.07, 6.45) is 0. The zero-order valence-electron chi connectivity index (χ0n) is 11.3. The van der Waals surface area contributed by atoms with Crippen molar-refractivity contribution < 1.29 is 4.79 Å². The van der Waals surface area contributed by atoms with Gasteiger partial charge in [-0.2, -0.15) is 5.26 Å². The summed E-state index contributed by atoms with van der Waals surface area (Å²) >= 11 is 1.33. The van der Waals surface area contributed by atoms with Crippen LogP contribution in [0.3, 0.4) is 0 Å². The first kappa shape index (κ1) is 14.1. The van der Waals surface area contributed by atoms with E-state index in [1.165, 1.54) is 11.3 Å². The number of primary amides is 1. The highest BCUT2D eigenvalue weighted by Gasteiger charge is 2.19. The minimum absolute atomic E-state index is 0.353. The molecule has 0 fully saturated rings. The van der Waals surface area contributed by atoms with Crippen LogP contribution in [0.25, 0.3) is 10.4 Å². The van der Waals surface area contributed by atoms with Crippen LogP contribution in [0.2, 0.25) is 0 Å². The van der Waals surface area contributed by atoms with Gasteiger partial charge < -0.3 is 11.5 Å². The fraction of sp³-hybridized carbons (Fsp3) is 0.200. The van der Waals surface area contributed by atoms with Crippen molar-refractivity contribution in [3.8, 4) is 16.5 Å². The third-order valence-corrected chi connectivity index (χ3v) is 4.21. The highest BCUT2D eigenvalue weighted by Crippen LogP contribution is 2.34. The van der Waals surface area contributed by atoms with Gasteiger partial charge in [0.05, 0.1) is 22.0 Å². The van der Waals surface area contributed by atoms with E-state index in [0.717, 1.165) is 16.0 Å². The number of benzene rings is 1. The smallest absolute Gasteiger partial charge is 0.251 e. The van der Waals surface area contributed by atoms with Gasteiger partial charge >= 0.3 is 0 Å². The Hall–Kier alpha value is -2.32. The average molecular weight is 285 g/mol. The highest BCUT2D eigenvalue weighted by molar-refractivity contribution is 7.19. The minimum Gasteiger partial charge on any atom is -0.390 e. The molecule has 4 nitrogen and oxygen atoms in total. The van der Waals surface area contributed by atoms with Crippen LogP contribution in [-0.2, 0) is 5.41 Å². The number of rotatable bonds is 3. The largest absolute Gasteiger partial charge is 0.390 e. The fourth-order valence-corrected chi connectivity index (χ4v) is 2.79. The molecule has 1 amide bonds. The maximum atomic E-state index is 11.2. The van der Waals surface area contributed by atoms with Crippen LogP contribution in [0.1, 0.15) is 29.8 Å². The van der Waals surface area contributed by atoms with Gasteiger partial charge in [-0.05, 0) is 31.0 Å². The lowest BCUT2D eigenvalue weighted by molar-refractivity contribution is 0.100. The molecule has 2 rings (SSSR count). The van der Waals surface area contributed by atoms with Crippen molar-refractivity contribution >= 4 is 22.2 Å². The number of amides is 1. The van der Waals surface area contributed by atoms with Gasteiger partial charge in [-0.15, -0.1) is 11.3 Å². The van der Waals surface area contributed by atoms with E-state index < -0.39 is 11.3 Å². The number of carbonyl (C=O) groups excluding carboxylic acids is 1. The Bertz CT molecular complexity index is 693. The molecule has 102 valence electrons.